The lowest BCUT2D eigenvalue weighted by atomic mass is 9.97. The van der Waals surface area contributed by atoms with Crippen LogP contribution in [0, 0.1) is 6.92 Å². The zero-order chi connectivity index (χ0) is 18.7. The molecule has 0 bridgehead atoms. The molecule has 2 saturated heterocycles. The first-order valence-electron chi connectivity index (χ1n) is 10.3. The number of aliphatic hydroxyl groups excluding tert-OH is 1. The Morgan fingerprint density at radius 2 is 1.92 bits per heavy atom. The average Bonchev–Trinajstić information content (AvgIpc) is 2.94. The summed E-state index contributed by atoms with van der Waals surface area (Å²) < 4.78 is 1.96. The van der Waals surface area contributed by atoms with E-state index in [-0.39, 0.29) is 6.61 Å². The molecule has 1 aromatic heterocycles. The van der Waals surface area contributed by atoms with E-state index in [0.717, 1.165) is 32.6 Å². The molecule has 0 spiro atoms. The molecular formula is C20H37N5O. The lowest BCUT2D eigenvalue weighted by molar-refractivity contribution is -0.0000832. The van der Waals surface area contributed by atoms with Crippen LogP contribution in [-0.2, 0) is 13.6 Å². The number of likely N-dealkylation sites (tertiary alicyclic amines) is 1. The van der Waals surface area contributed by atoms with E-state index in [4.69, 9.17) is 0 Å². The van der Waals surface area contributed by atoms with Gasteiger partial charge in [0.15, 0.2) is 0 Å². The Morgan fingerprint density at radius 3 is 2.50 bits per heavy atom. The fraction of sp³-hybridized carbons (Fsp3) is 0.850. The second-order valence-electron chi connectivity index (χ2n) is 8.38. The van der Waals surface area contributed by atoms with Gasteiger partial charge in [-0.2, -0.15) is 5.10 Å². The standard InChI is InChI=1S/C20H37N5O/c1-16(2)24-8-5-19(6-9-24)25-11-10-23(15-20(25)7-12-26)14-18-13-21-22(4)17(18)3/h13,16,19-20,26H,5-12,14-15H2,1-4H3/t20-/m1/s1. The summed E-state index contributed by atoms with van der Waals surface area (Å²) in [5, 5.41) is 14.0. The van der Waals surface area contributed by atoms with Gasteiger partial charge in [-0.15, -0.1) is 0 Å². The predicted octanol–water partition coefficient (Wildman–Crippen LogP) is 1.47. The highest BCUT2D eigenvalue weighted by Crippen LogP contribution is 2.25. The van der Waals surface area contributed by atoms with Gasteiger partial charge in [0.2, 0.25) is 0 Å². The molecule has 3 rings (SSSR count). The van der Waals surface area contributed by atoms with Gasteiger partial charge in [0.25, 0.3) is 0 Å². The molecule has 0 amide bonds. The summed E-state index contributed by atoms with van der Waals surface area (Å²) in [5.74, 6) is 0. The van der Waals surface area contributed by atoms with Crippen LogP contribution in [0.1, 0.15) is 44.4 Å². The molecule has 6 heteroatoms. The number of hydrogen-bond acceptors (Lipinski definition) is 5. The van der Waals surface area contributed by atoms with Crippen LogP contribution in [0.2, 0.25) is 0 Å². The van der Waals surface area contributed by atoms with Crippen LogP contribution in [0.25, 0.3) is 0 Å². The van der Waals surface area contributed by atoms with E-state index in [1.54, 1.807) is 0 Å². The first-order valence-corrected chi connectivity index (χ1v) is 10.3. The van der Waals surface area contributed by atoms with Gasteiger partial charge in [-0.05, 0) is 53.1 Å². The second-order valence-corrected chi connectivity index (χ2v) is 8.38. The molecule has 1 atom stereocenters. The maximum Gasteiger partial charge on any atom is 0.0537 e. The lowest BCUT2D eigenvalue weighted by Gasteiger charge is -2.48. The lowest BCUT2D eigenvalue weighted by Crippen LogP contribution is -2.58. The summed E-state index contributed by atoms with van der Waals surface area (Å²) in [6.07, 6.45) is 5.42. The van der Waals surface area contributed by atoms with Gasteiger partial charge >= 0.3 is 0 Å². The molecule has 26 heavy (non-hydrogen) atoms. The van der Waals surface area contributed by atoms with Crippen LogP contribution in [0.4, 0.5) is 0 Å². The normalized spacial score (nSPS) is 24.6. The van der Waals surface area contributed by atoms with E-state index in [1.807, 2.05) is 17.9 Å². The molecule has 6 nitrogen and oxygen atoms in total. The molecular weight excluding hydrogens is 326 g/mol. The van der Waals surface area contributed by atoms with E-state index in [0.29, 0.717) is 18.1 Å². The van der Waals surface area contributed by atoms with Gasteiger partial charge in [0.1, 0.15) is 0 Å². The summed E-state index contributed by atoms with van der Waals surface area (Å²) in [4.78, 5) is 7.85. The van der Waals surface area contributed by atoms with E-state index < -0.39 is 0 Å². The Kier molecular flexibility index (Phi) is 6.72. The van der Waals surface area contributed by atoms with Crippen LogP contribution < -0.4 is 0 Å². The highest BCUT2D eigenvalue weighted by molar-refractivity contribution is 5.15. The van der Waals surface area contributed by atoms with Crippen LogP contribution >= 0.6 is 0 Å². The predicted molar refractivity (Wildman–Crippen MR) is 105 cm³/mol. The Hall–Kier alpha value is -0.950. The van der Waals surface area contributed by atoms with Crippen molar-refractivity contribution in [1.82, 2.24) is 24.5 Å². The van der Waals surface area contributed by atoms with E-state index >= 15 is 0 Å². The first kappa shape index (κ1) is 19.8. The number of piperidine rings is 1. The number of hydrogen-bond donors (Lipinski definition) is 1. The van der Waals surface area contributed by atoms with Gasteiger partial charge in [-0.25, -0.2) is 0 Å². The maximum atomic E-state index is 9.61. The van der Waals surface area contributed by atoms with E-state index in [2.05, 4.69) is 40.6 Å². The molecule has 0 aromatic carbocycles. The highest BCUT2D eigenvalue weighted by Gasteiger charge is 2.34. The molecule has 3 heterocycles. The number of nitrogens with zero attached hydrogens (tertiary/aromatic N) is 5. The van der Waals surface area contributed by atoms with Crippen LogP contribution in [-0.4, -0.2) is 87.0 Å². The third-order valence-electron chi connectivity index (χ3n) is 6.50. The van der Waals surface area contributed by atoms with Crippen molar-refractivity contribution in [3.63, 3.8) is 0 Å². The van der Waals surface area contributed by atoms with Crippen molar-refractivity contribution in [2.24, 2.45) is 7.05 Å². The quantitative estimate of drug-likeness (QED) is 0.829. The molecule has 148 valence electrons. The Morgan fingerprint density at radius 1 is 1.19 bits per heavy atom. The van der Waals surface area contributed by atoms with Crippen molar-refractivity contribution in [3.8, 4) is 0 Å². The van der Waals surface area contributed by atoms with E-state index in [1.165, 1.54) is 37.2 Å². The summed E-state index contributed by atoms with van der Waals surface area (Å²) in [6, 6.07) is 1.81. The molecule has 0 unspecified atom stereocenters. The monoisotopic (exact) mass is 363 g/mol. The first-order chi connectivity index (χ1) is 12.5. The van der Waals surface area contributed by atoms with Crippen LogP contribution in [0.3, 0.4) is 0 Å². The number of aromatic nitrogens is 2. The van der Waals surface area contributed by atoms with Crippen molar-refractivity contribution in [2.75, 3.05) is 39.3 Å². The SMILES string of the molecule is Cc1c(CN2CCN(C3CCN(C(C)C)CC3)[C@H](CCO)C2)cnn1C. The maximum absolute atomic E-state index is 9.61. The second kappa shape index (κ2) is 8.83. The zero-order valence-electron chi connectivity index (χ0n) is 17.1. The van der Waals surface area contributed by atoms with E-state index in [9.17, 15) is 5.11 Å². The van der Waals surface area contributed by atoms with Gasteiger partial charge in [-0.3, -0.25) is 14.5 Å². The van der Waals surface area contributed by atoms with Gasteiger partial charge < -0.3 is 10.0 Å². The van der Waals surface area contributed by atoms with Crippen molar-refractivity contribution in [3.05, 3.63) is 17.5 Å². The van der Waals surface area contributed by atoms with Crippen molar-refractivity contribution >= 4 is 0 Å². The number of aryl methyl sites for hydroxylation is 1. The Bertz CT molecular complexity index is 565. The van der Waals surface area contributed by atoms with Gasteiger partial charge in [0.05, 0.1) is 6.20 Å². The largest absolute Gasteiger partial charge is 0.396 e. The van der Waals surface area contributed by atoms with Crippen LogP contribution in [0.5, 0.6) is 0 Å². The van der Waals surface area contributed by atoms with Crippen molar-refractivity contribution in [2.45, 2.75) is 64.7 Å². The van der Waals surface area contributed by atoms with Crippen molar-refractivity contribution in [1.29, 1.82) is 0 Å². The summed E-state index contributed by atoms with van der Waals surface area (Å²) in [6.45, 7) is 13.7. The summed E-state index contributed by atoms with van der Waals surface area (Å²) >= 11 is 0. The van der Waals surface area contributed by atoms with Gasteiger partial charge in [0, 0.05) is 69.2 Å². The number of piperazine rings is 1. The molecule has 0 aliphatic carbocycles. The van der Waals surface area contributed by atoms with Gasteiger partial charge in [-0.1, -0.05) is 0 Å². The summed E-state index contributed by atoms with van der Waals surface area (Å²) in [5.41, 5.74) is 2.58. The minimum absolute atomic E-state index is 0.283. The third kappa shape index (κ3) is 4.47. The van der Waals surface area contributed by atoms with Crippen molar-refractivity contribution < 1.29 is 5.11 Å². The zero-order valence-corrected chi connectivity index (χ0v) is 17.1. The third-order valence-corrected chi connectivity index (χ3v) is 6.50. The molecule has 0 radical (unpaired) electrons. The smallest absolute Gasteiger partial charge is 0.0537 e. The minimum Gasteiger partial charge on any atom is -0.396 e. The molecule has 2 fully saturated rings. The molecule has 0 saturated carbocycles. The topological polar surface area (TPSA) is 47.8 Å². The number of aliphatic hydroxyl groups is 1. The van der Waals surface area contributed by atoms with Crippen LogP contribution in [0.15, 0.2) is 6.20 Å². The molecule has 1 aromatic rings. The average molecular weight is 364 g/mol. The Balaban J connectivity index is 1.59. The molecule has 2 aliphatic rings. The Labute approximate surface area is 158 Å². The molecule has 2 aliphatic heterocycles. The minimum atomic E-state index is 0.283. The summed E-state index contributed by atoms with van der Waals surface area (Å²) in [7, 11) is 2.01. The highest BCUT2D eigenvalue weighted by atomic mass is 16.3. The molecule has 1 N–H and O–H groups in total. The fourth-order valence-electron chi connectivity index (χ4n) is 4.64. The fourth-order valence-corrected chi connectivity index (χ4v) is 4.64. The number of rotatable bonds is 6.